The van der Waals surface area contributed by atoms with Crippen molar-refractivity contribution < 1.29 is 74.8 Å². The number of carbonyl (C=O) groups is 1. The molecule has 3 saturated heterocycles. The van der Waals surface area contributed by atoms with E-state index >= 15 is 0 Å². The molecule has 1 amide bonds. The fraction of sp³-hybridized carbons (Fsp3) is 0.950. The fourth-order valence-electron chi connectivity index (χ4n) is 4.89. The maximum absolute atomic E-state index is 12.9. The van der Waals surface area contributed by atoms with Crippen molar-refractivity contribution in [3.8, 4) is 0 Å². The molecule has 0 saturated carbocycles. The second kappa shape index (κ2) is 11.0. The Morgan fingerprint density at radius 1 is 0.944 bits per heavy atom. The Morgan fingerprint density at radius 3 is 2.11 bits per heavy atom. The molecular weight excluding hydrogens is 494 g/mol. The summed E-state index contributed by atoms with van der Waals surface area (Å²) in [6, 6.07) is 0. The van der Waals surface area contributed by atoms with Gasteiger partial charge in [0.25, 0.3) is 0 Å². The first-order valence-corrected chi connectivity index (χ1v) is 11.4. The van der Waals surface area contributed by atoms with E-state index in [0.29, 0.717) is 0 Å². The molecule has 2 unspecified atom stereocenters. The summed E-state index contributed by atoms with van der Waals surface area (Å²) < 4.78 is 21.7. The van der Waals surface area contributed by atoms with E-state index in [1.165, 1.54) is 6.92 Å². The second-order valence-corrected chi connectivity index (χ2v) is 9.33. The van der Waals surface area contributed by atoms with Gasteiger partial charge < -0.3 is 70.2 Å². The Labute approximate surface area is 205 Å². The molecule has 3 rings (SSSR count). The van der Waals surface area contributed by atoms with Gasteiger partial charge in [-0.1, -0.05) is 0 Å². The molecule has 3 fully saturated rings. The third-order valence-corrected chi connectivity index (χ3v) is 6.87. The molecule has 3 heterocycles. The summed E-state index contributed by atoms with van der Waals surface area (Å²) in [6.07, 6.45) is -22.0. The van der Waals surface area contributed by atoms with E-state index in [9.17, 15) is 55.9 Å². The standard InChI is InChI=1S/C20H34NO15/c1-6-12(26)14(28)15(29)17(33-6)19(31)16(36-11-3-8(25)13(27)9(4-22)34-11)10(5-23)35-18(30)20(19,32)21-7(2)24/h6,8-18,22-23,25-29,31-32H,3-5H2,1-2H3,(H,21,24)/t6-,8-,9-,10-,11+,12+,13-,14+,15-,16-,17?,18?,19-,20+/m1/s1. The highest BCUT2D eigenvalue weighted by atomic mass is 16.7. The van der Waals surface area contributed by atoms with Crippen LogP contribution < -0.4 is 5.32 Å². The number of amides is 1. The van der Waals surface area contributed by atoms with Gasteiger partial charge in [0.15, 0.2) is 11.9 Å². The first-order chi connectivity index (χ1) is 16.7. The van der Waals surface area contributed by atoms with Gasteiger partial charge >= 0.3 is 0 Å². The SMILES string of the molecule is CC(=O)N[C@]1(O)C([O])O[C@H](CO)[C@@H](O[C@H]2C[C@@H](O)[C@@H](O)[C@@H](CO)O2)[C@@]1(O)C1O[C@H](C)[C@H](O)[C@H](O)[C@H]1O. The molecular formula is C20H34NO15. The lowest BCUT2D eigenvalue weighted by Gasteiger charge is -2.59. The van der Waals surface area contributed by atoms with Gasteiger partial charge in [0, 0.05) is 13.3 Å². The zero-order chi connectivity index (χ0) is 27.2. The van der Waals surface area contributed by atoms with Crippen molar-refractivity contribution in [2.45, 2.75) is 105 Å². The number of hydrogen-bond donors (Lipinski definition) is 10. The van der Waals surface area contributed by atoms with E-state index in [-0.39, 0.29) is 0 Å². The molecule has 0 aromatic carbocycles. The van der Waals surface area contributed by atoms with Crippen molar-refractivity contribution in [2.75, 3.05) is 13.2 Å². The molecule has 10 N–H and O–H groups in total. The molecule has 3 aliphatic heterocycles. The van der Waals surface area contributed by atoms with Gasteiger partial charge in [0.05, 0.1) is 25.4 Å². The average Bonchev–Trinajstić information content (AvgIpc) is 2.82. The smallest absolute Gasteiger partial charge is 0.243 e. The van der Waals surface area contributed by atoms with E-state index in [1.807, 2.05) is 5.32 Å². The zero-order valence-electron chi connectivity index (χ0n) is 19.5. The summed E-state index contributed by atoms with van der Waals surface area (Å²) in [5.41, 5.74) is -6.50. The quantitative estimate of drug-likeness (QED) is 0.144. The van der Waals surface area contributed by atoms with Crippen molar-refractivity contribution in [1.82, 2.24) is 5.32 Å². The molecule has 0 spiro atoms. The van der Waals surface area contributed by atoms with Crippen molar-refractivity contribution in [1.29, 1.82) is 0 Å². The molecule has 0 bridgehead atoms. The Bertz CT molecular complexity index is 775. The van der Waals surface area contributed by atoms with Crippen LogP contribution in [0.4, 0.5) is 0 Å². The molecule has 0 aliphatic carbocycles. The number of rotatable bonds is 6. The lowest BCUT2D eigenvalue weighted by Crippen LogP contribution is -2.86. The summed E-state index contributed by atoms with van der Waals surface area (Å²) in [6.45, 7) is 0.394. The second-order valence-electron chi connectivity index (χ2n) is 9.33. The summed E-state index contributed by atoms with van der Waals surface area (Å²) in [4.78, 5) is 11.9. The van der Waals surface area contributed by atoms with Crippen LogP contribution in [-0.4, -0.2) is 150 Å². The van der Waals surface area contributed by atoms with Gasteiger partial charge in [-0.25, -0.2) is 0 Å². The Morgan fingerprint density at radius 2 is 1.56 bits per heavy atom. The van der Waals surface area contributed by atoms with Crippen LogP contribution in [0.25, 0.3) is 0 Å². The topological polar surface area (TPSA) is 268 Å². The van der Waals surface area contributed by atoms with E-state index in [0.717, 1.165) is 6.92 Å². The molecule has 3 aliphatic rings. The minimum Gasteiger partial charge on any atom is -0.394 e. The Hall–Kier alpha value is -1.09. The average molecular weight is 528 g/mol. The highest BCUT2D eigenvalue weighted by Crippen LogP contribution is 2.45. The molecule has 14 atom stereocenters. The van der Waals surface area contributed by atoms with Gasteiger partial charge in [-0.3, -0.25) is 4.79 Å². The van der Waals surface area contributed by atoms with Crippen LogP contribution in [0.1, 0.15) is 20.3 Å². The third-order valence-electron chi connectivity index (χ3n) is 6.87. The highest BCUT2D eigenvalue weighted by Gasteiger charge is 2.73. The molecule has 0 aromatic heterocycles. The molecule has 16 nitrogen and oxygen atoms in total. The molecule has 16 heteroatoms. The number of nitrogens with one attached hydrogen (secondary N) is 1. The minimum absolute atomic E-state index is 0.451. The van der Waals surface area contributed by atoms with Crippen LogP contribution in [-0.2, 0) is 28.8 Å². The largest absolute Gasteiger partial charge is 0.394 e. The molecule has 36 heavy (non-hydrogen) atoms. The van der Waals surface area contributed by atoms with Gasteiger partial charge in [0.1, 0.15) is 48.8 Å². The van der Waals surface area contributed by atoms with Crippen molar-refractivity contribution in [3.63, 3.8) is 0 Å². The van der Waals surface area contributed by atoms with Crippen molar-refractivity contribution >= 4 is 5.91 Å². The lowest BCUT2D eigenvalue weighted by molar-refractivity contribution is -0.431. The number of hydrogen-bond acceptors (Lipinski definition) is 14. The third kappa shape index (κ3) is 4.87. The van der Waals surface area contributed by atoms with E-state index in [2.05, 4.69) is 0 Å². The predicted octanol–water partition coefficient (Wildman–Crippen LogP) is -6.23. The summed E-state index contributed by atoms with van der Waals surface area (Å²) in [7, 11) is 0. The zero-order valence-corrected chi connectivity index (χ0v) is 19.5. The van der Waals surface area contributed by atoms with Crippen LogP contribution in [0.2, 0.25) is 0 Å². The molecule has 0 aromatic rings. The van der Waals surface area contributed by atoms with Crippen molar-refractivity contribution in [3.05, 3.63) is 0 Å². The number of carbonyl (C=O) groups excluding carboxylic acids is 1. The van der Waals surface area contributed by atoms with Crippen LogP contribution in [0.15, 0.2) is 0 Å². The highest BCUT2D eigenvalue weighted by molar-refractivity contribution is 5.74. The van der Waals surface area contributed by atoms with E-state index < -0.39 is 110 Å². The van der Waals surface area contributed by atoms with Crippen LogP contribution in [0.3, 0.4) is 0 Å². The Balaban J connectivity index is 2.10. The normalized spacial score (nSPS) is 52.1. The lowest BCUT2D eigenvalue weighted by atomic mass is 9.71. The van der Waals surface area contributed by atoms with Gasteiger partial charge in [-0.2, -0.15) is 5.11 Å². The Kier molecular flexibility index (Phi) is 8.96. The maximum atomic E-state index is 12.9. The van der Waals surface area contributed by atoms with Gasteiger partial charge in [0.2, 0.25) is 17.9 Å². The van der Waals surface area contributed by atoms with Gasteiger partial charge in [-0.15, -0.1) is 0 Å². The van der Waals surface area contributed by atoms with E-state index in [4.69, 9.17) is 18.9 Å². The monoisotopic (exact) mass is 528 g/mol. The number of ether oxygens (including phenoxy) is 4. The number of aliphatic hydroxyl groups is 9. The van der Waals surface area contributed by atoms with E-state index in [1.54, 1.807) is 0 Å². The summed E-state index contributed by atoms with van der Waals surface area (Å²) in [5, 5.41) is 109. The summed E-state index contributed by atoms with van der Waals surface area (Å²) in [5.74, 6) is -1.03. The first kappa shape index (κ1) is 29.5. The first-order valence-electron chi connectivity index (χ1n) is 11.4. The fourth-order valence-corrected chi connectivity index (χ4v) is 4.89. The maximum Gasteiger partial charge on any atom is 0.243 e. The molecule has 1 radical (unpaired) electrons. The minimum atomic E-state index is -3.31. The number of aliphatic hydroxyl groups excluding tert-OH is 7. The van der Waals surface area contributed by atoms with Crippen molar-refractivity contribution in [2.24, 2.45) is 0 Å². The molecule has 209 valence electrons. The van der Waals surface area contributed by atoms with Gasteiger partial charge in [-0.05, 0) is 6.92 Å². The van der Waals surface area contributed by atoms with Crippen LogP contribution in [0.5, 0.6) is 0 Å². The van der Waals surface area contributed by atoms with Crippen LogP contribution >= 0.6 is 0 Å². The van der Waals surface area contributed by atoms with Crippen LogP contribution in [0, 0.1) is 0 Å². The summed E-state index contributed by atoms with van der Waals surface area (Å²) >= 11 is 0. The predicted molar refractivity (Wildman–Crippen MR) is 110 cm³/mol.